The molecular weight excluding hydrogens is 478 g/mol. The van der Waals surface area contributed by atoms with E-state index in [4.69, 9.17) is 9.47 Å². The van der Waals surface area contributed by atoms with E-state index in [1.165, 1.54) is 51.4 Å². The van der Waals surface area contributed by atoms with Crippen LogP contribution in [0.25, 0.3) is 0 Å². The Morgan fingerprint density at radius 1 is 0.842 bits per heavy atom. The van der Waals surface area contributed by atoms with Crippen LogP contribution in [0.4, 0.5) is 4.79 Å². The predicted molar refractivity (Wildman–Crippen MR) is 152 cm³/mol. The number of Topliss-reactive ketones (excluding diaryl/α,β-unsaturated/α-hetero) is 1. The smallest absolute Gasteiger partial charge is 0.429 e. The van der Waals surface area contributed by atoms with Crippen LogP contribution >= 0.6 is 0 Å². The van der Waals surface area contributed by atoms with Gasteiger partial charge >= 0.3 is 6.16 Å². The van der Waals surface area contributed by atoms with Crippen LogP contribution in [0.1, 0.15) is 135 Å². The number of carbonyl (C=O) groups excluding carboxylic acids is 3. The first-order chi connectivity index (χ1) is 18.1. The average Bonchev–Trinajstić information content (AvgIpc) is 2.85. The number of amides is 1. The summed E-state index contributed by atoms with van der Waals surface area (Å²) < 4.78 is 11.1. The first-order valence-corrected chi connectivity index (χ1v) is 14.9. The Kier molecular flexibility index (Phi) is 13.9. The molecule has 6 heteroatoms. The zero-order valence-electron chi connectivity index (χ0n) is 24.5. The molecule has 38 heavy (non-hydrogen) atoms. The molecule has 1 fully saturated rings. The van der Waals surface area contributed by atoms with Gasteiger partial charge in [0.25, 0.3) is 5.91 Å². The van der Waals surface area contributed by atoms with Gasteiger partial charge in [-0.3, -0.25) is 4.79 Å². The van der Waals surface area contributed by atoms with Gasteiger partial charge in [-0.05, 0) is 72.4 Å². The molecule has 0 aliphatic carbocycles. The van der Waals surface area contributed by atoms with Gasteiger partial charge in [-0.15, -0.1) is 0 Å². The van der Waals surface area contributed by atoms with Crippen molar-refractivity contribution in [1.82, 2.24) is 4.90 Å². The number of likely N-dealkylation sites (tertiary alicyclic amines) is 1. The van der Waals surface area contributed by atoms with Crippen LogP contribution < -0.4 is 0 Å². The summed E-state index contributed by atoms with van der Waals surface area (Å²) in [4.78, 5) is 38.9. The topological polar surface area (TPSA) is 72.9 Å². The van der Waals surface area contributed by atoms with Crippen molar-refractivity contribution in [3.05, 3.63) is 35.9 Å². The van der Waals surface area contributed by atoms with E-state index in [9.17, 15) is 14.4 Å². The van der Waals surface area contributed by atoms with Crippen LogP contribution in [0.3, 0.4) is 0 Å². The lowest BCUT2D eigenvalue weighted by Crippen LogP contribution is -2.55. The normalized spacial score (nSPS) is 19.7. The number of hydrogen-bond acceptors (Lipinski definition) is 5. The fraction of sp³-hybridized carbons (Fsp3) is 0.719. The van der Waals surface area contributed by atoms with Crippen LogP contribution in [-0.4, -0.2) is 46.5 Å². The van der Waals surface area contributed by atoms with Crippen molar-refractivity contribution >= 4 is 17.8 Å². The maximum Gasteiger partial charge on any atom is 0.509 e. The van der Waals surface area contributed by atoms with Crippen molar-refractivity contribution in [2.24, 2.45) is 0 Å². The van der Waals surface area contributed by atoms with Crippen molar-refractivity contribution in [3.63, 3.8) is 0 Å². The van der Waals surface area contributed by atoms with Gasteiger partial charge < -0.3 is 19.2 Å². The summed E-state index contributed by atoms with van der Waals surface area (Å²) >= 11 is 0. The lowest BCUT2D eigenvalue weighted by atomic mass is 9.89. The Morgan fingerprint density at radius 3 is 1.95 bits per heavy atom. The molecule has 0 aromatic heterocycles. The van der Waals surface area contributed by atoms with Crippen LogP contribution in [0, 0.1) is 0 Å². The third kappa shape index (κ3) is 12.0. The fourth-order valence-corrected chi connectivity index (χ4v) is 5.34. The molecule has 0 spiro atoms. The van der Waals surface area contributed by atoms with Gasteiger partial charge in [0, 0.05) is 18.0 Å². The van der Waals surface area contributed by atoms with Gasteiger partial charge in [0.15, 0.2) is 0 Å². The first-order valence-electron chi connectivity index (χ1n) is 14.9. The monoisotopic (exact) mass is 529 g/mol. The second kappa shape index (κ2) is 16.6. The summed E-state index contributed by atoms with van der Waals surface area (Å²) in [5, 5.41) is 0. The molecule has 214 valence electrons. The maximum atomic E-state index is 13.6. The van der Waals surface area contributed by atoms with Gasteiger partial charge in [-0.2, -0.15) is 0 Å². The molecule has 1 aliphatic rings. The second-order valence-corrected chi connectivity index (χ2v) is 11.9. The summed E-state index contributed by atoms with van der Waals surface area (Å²) in [5.41, 5.74) is 0.0523. The molecule has 1 aromatic rings. The third-order valence-electron chi connectivity index (χ3n) is 7.36. The molecule has 3 atom stereocenters. The molecule has 1 amide bonds. The summed E-state index contributed by atoms with van der Waals surface area (Å²) in [5.74, 6) is 0.304. The van der Waals surface area contributed by atoms with E-state index >= 15 is 0 Å². The largest absolute Gasteiger partial charge is 0.509 e. The molecule has 0 radical (unpaired) electrons. The van der Waals surface area contributed by atoms with Gasteiger partial charge in [0.05, 0.1) is 6.04 Å². The van der Waals surface area contributed by atoms with E-state index in [2.05, 4.69) is 0 Å². The van der Waals surface area contributed by atoms with E-state index in [1.807, 2.05) is 62.9 Å². The highest BCUT2D eigenvalue weighted by atomic mass is 16.7. The summed E-state index contributed by atoms with van der Waals surface area (Å²) in [6.07, 6.45) is 14.2. The first kappa shape index (κ1) is 31.8. The standard InChI is InChI=1S/C32H51NO5/c1-25(34)19-15-12-10-8-6-7-9-11-13-18-22-28-23-24-29(37-31(36)38-32(3,4)5)26(2)33(28)30(35)27-20-16-14-17-21-27/h14,16-17,20-21,26,28-29H,6-13,15,18-19,22-24H2,1-5H3/t26-,28-,29+/m0/s1. The Morgan fingerprint density at radius 2 is 1.39 bits per heavy atom. The molecule has 1 saturated heterocycles. The van der Waals surface area contributed by atoms with Crippen LogP contribution in [0.15, 0.2) is 30.3 Å². The van der Waals surface area contributed by atoms with Crippen molar-refractivity contribution in [2.75, 3.05) is 0 Å². The number of ether oxygens (including phenoxy) is 2. The number of benzene rings is 1. The fourth-order valence-electron chi connectivity index (χ4n) is 5.34. The highest BCUT2D eigenvalue weighted by molar-refractivity contribution is 5.94. The van der Waals surface area contributed by atoms with Gasteiger partial charge in [0.1, 0.15) is 17.5 Å². The quantitative estimate of drug-likeness (QED) is 0.169. The third-order valence-corrected chi connectivity index (χ3v) is 7.36. The SMILES string of the molecule is CC(=O)CCCCCCCCCCCC[C@H]1CC[C@@H](OC(=O)OC(C)(C)C)[C@H](C)N1C(=O)c1ccccc1. The van der Waals surface area contributed by atoms with Crippen molar-refractivity contribution in [2.45, 2.75) is 148 Å². The van der Waals surface area contributed by atoms with E-state index in [0.29, 0.717) is 11.3 Å². The number of nitrogens with zero attached hydrogens (tertiary/aromatic N) is 1. The van der Waals surface area contributed by atoms with E-state index < -0.39 is 11.8 Å². The van der Waals surface area contributed by atoms with E-state index in [1.54, 1.807) is 6.92 Å². The highest BCUT2D eigenvalue weighted by Gasteiger charge is 2.40. The van der Waals surface area contributed by atoms with Gasteiger partial charge in [0.2, 0.25) is 0 Å². The van der Waals surface area contributed by atoms with Crippen LogP contribution in [0.2, 0.25) is 0 Å². The van der Waals surface area contributed by atoms with E-state index in [-0.39, 0.29) is 24.1 Å². The number of carbonyl (C=O) groups is 3. The molecule has 1 aliphatic heterocycles. The van der Waals surface area contributed by atoms with Crippen LogP contribution in [-0.2, 0) is 14.3 Å². The Bertz CT molecular complexity index is 847. The lowest BCUT2D eigenvalue weighted by molar-refractivity contribution is -0.117. The molecule has 1 heterocycles. The molecular formula is C32H51NO5. The minimum absolute atomic E-state index is 0.00360. The Hall–Kier alpha value is -2.37. The van der Waals surface area contributed by atoms with Crippen LogP contribution in [0.5, 0.6) is 0 Å². The Labute approximate surface area is 230 Å². The summed E-state index contributed by atoms with van der Waals surface area (Å²) in [7, 11) is 0. The van der Waals surface area contributed by atoms with Gasteiger partial charge in [-0.25, -0.2) is 4.79 Å². The number of unbranched alkanes of at least 4 members (excludes halogenated alkanes) is 9. The van der Waals surface area contributed by atoms with Crippen molar-refractivity contribution in [3.8, 4) is 0 Å². The number of hydrogen-bond donors (Lipinski definition) is 0. The molecule has 1 aromatic carbocycles. The van der Waals surface area contributed by atoms with Crippen molar-refractivity contribution in [1.29, 1.82) is 0 Å². The zero-order chi connectivity index (χ0) is 28.0. The minimum Gasteiger partial charge on any atom is -0.429 e. The maximum absolute atomic E-state index is 13.6. The molecule has 0 unspecified atom stereocenters. The molecule has 2 rings (SSSR count). The second-order valence-electron chi connectivity index (χ2n) is 11.9. The van der Waals surface area contributed by atoms with E-state index in [0.717, 1.165) is 38.5 Å². The molecule has 0 N–H and O–H groups in total. The van der Waals surface area contributed by atoms with Gasteiger partial charge in [-0.1, -0.05) is 76.0 Å². The molecule has 0 saturated carbocycles. The van der Waals surface area contributed by atoms with Crippen molar-refractivity contribution < 1.29 is 23.9 Å². The number of ketones is 1. The lowest BCUT2D eigenvalue weighted by Gasteiger charge is -2.44. The molecule has 6 nitrogen and oxygen atoms in total. The highest BCUT2D eigenvalue weighted by Crippen LogP contribution is 2.31. The molecule has 0 bridgehead atoms. The number of piperidine rings is 1. The summed E-state index contributed by atoms with van der Waals surface area (Å²) in [6.45, 7) is 9.11. The Balaban J connectivity index is 1.80. The predicted octanol–water partition coefficient (Wildman–Crippen LogP) is 8.27. The zero-order valence-corrected chi connectivity index (χ0v) is 24.5. The average molecular weight is 530 g/mol. The minimum atomic E-state index is -0.670. The number of rotatable bonds is 15. The summed E-state index contributed by atoms with van der Waals surface area (Å²) in [6, 6.07) is 9.32.